The summed E-state index contributed by atoms with van der Waals surface area (Å²) < 4.78 is 2.14. The summed E-state index contributed by atoms with van der Waals surface area (Å²) in [5, 5.41) is 0. The van der Waals surface area contributed by atoms with Gasteiger partial charge in [0.1, 0.15) is 5.52 Å². The minimum Gasteiger partial charge on any atom is -0.369 e. The number of nitrogen functional groups attached to an aromatic ring is 1. The highest BCUT2D eigenvalue weighted by atomic mass is 15.2. The number of anilines is 1. The molecule has 0 radical (unpaired) electrons. The first-order valence-corrected chi connectivity index (χ1v) is 7.06. The maximum absolute atomic E-state index is 6.11. The molecule has 1 aliphatic rings. The van der Waals surface area contributed by atoms with Gasteiger partial charge in [-0.3, -0.25) is 4.57 Å². The van der Waals surface area contributed by atoms with E-state index in [1.165, 1.54) is 12.8 Å². The second-order valence-corrected chi connectivity index (χ2v) is 6.59. The van der Waals surface area contributed by atoms with Crippen LogP contribution in [0, 0.1) is 12.3 Å². The zero-order valence-electron chi connectivity index (χ0n) is 12.0. The van der Waals surface area contributed by atoms with Crippen molar-refractivity contribution in [2.45, 2.75) is 52.5 Å². The van der Waals surface area contributed by atoms with Crippen molar-refractivity contribution in [2.75, 3.05) is 5.73 Å². The summed E-state index contributed by atoms with van der Waals surface area (Å²) in [5.74, 6) is 0.609. The second kappa shape index (κ2) is 4.22. The zero-order valence-corrected chi connectivity index (χ0v) is 12.0. The Kier molecular flexibility index (Phi) is 2.77. The van der Waals surface area contributed by atoms with Crippen LogP contribution in [-0.4, -0.2) is 14.5 Å². The summed E-state index contributed by atoms with van der Waals surface area (Å²) in [6.07, 6.45) is 6.70. The van der Waals surface area contributed by atoms with Gasteiger partial charge in [0.2, 0.25) is 5.95 Å². The summed E-state index contributed by atoms with van der Waals surface area (Å²) in [4.78, 5) is 9.00. The fourth-order valence-electron chi connectivity index (χ4n) is 3.10. The summed E-state index contributed by atoms with van der Waals surface area (Å²) in [7, 11) is 0. The van der Waals surface area contributed by atoms with E-state index in [2.05, 4.69) is 34.4 Å². The molecule has 19 heavy (non-hydrogen) atoms. The van der Waals surface area contributed by atoms with Gasteiger partial charge in [0.25, 0.3) is 0 Å². The third-order valence-electron chi connectivity index (χ3n) is 4.37. The minimum absolute atomic E-state index is 0.452. The number of hydrogen-bond donors (Lipinski definition) is 1. The van der Waals surface area contributed by atoms with Gasteiger partial charge >= 0.3 is 0 Å². The van der Waals surface area contributed by atoms with Crippen LogP contribution in [0.3, 0.4) is 0 Å². The van der Waals surface area contributed by atoms with Crippen LogP contribution in [0.2, 0.25) is 0 Å². The van der Waals surface area contributed by atoms with E-state index in [-0.39, 0.29) is 0 Å². The molecule has 2 aromatic rings. The fraction of sp³-hybridized carbons (Fsp3) is 0.600. The normalized spacial score (nSPS) is 19.9. The van der Waals surface area contributed by atoms with Gasteiger partial charge in [-0.05, 0) is 49.7 Å². The Morgan fingerprint density at radius 3 is 2.68 bits per heavy atom. The molecule has 0 atom stereocenters. The molecule has 2 aromatic heterocycles. The first kappa shape index (κ1) is 12.5. The van der Waals surface area contributed by atoms with Gasteiger partial charge in [0.05, 0.1) is 0 Å². The van der Waals surface area contributed by atoms with Crippen molar-refractivity contribution < 1.29 is 0 Å². The van der Waals surface area contributed by atoms with E-state index in [1.807, 2.05) is 13.1 Å². The third kappa shape index (κ3) is 2.20. The average Bonchev–Trinajstić information content (AvgIpc) is 2.65. The van der Waals surface area contributed by atoms with E-state index in [0.29, 0.717) is 17.4 Å². The quantitative estimate of drug-likeness (QED) is 0.852. The Morgan fingerprint density at radius 2 is 2.00 bits per heavy atom. The number of pyridine rings is 1. The topological polar surface area (TPSA) is 56.7 Å². The molecule has 0 aliphatic heterocycles. The monoisotopic (exact) mass is 258 g/mol. The van der Waals surface area contributed by atoms with E-state index < -0.39 is 0 Å². The molecule has 1 saturated carbocycles. The van der Waals surface area contributed by atoms with Crippen molar-refractivity contribution in [1.82, 2.24) is 14.5 Å². The number of imidazole rings is 1. The molecule has 102 valence electrons. The molecule has 2 heterocycles. The number of fused-ring (bicyclic) bond motifs is 1. The molecule has 1 fully saturated rings. The lowest BCUT2D eigenvalue weighted by atomic mass is 9.75. The van der Waals surface area contributed by atoms with E-state index in [9.17, 15) is 0 Å². The SMILES string of the molecule is Cc1cnc2c(c1)nc(N)n2C1CCC(C)(C)CC1. The number of nitrogens with two attached hydrogens (primary N) is 1. The Hall–Kier alpha value is -1.58. The van der Waals surface area contributed by atoms with Gasteiger partial charge in [0, 0.05) is 12.2 Å². The minimum atomic E-state index is 0.452. The molecule has 1 aliphatic carbocycles. The Labute approximate surface area is 114 Å². The van der Waals surface area contributed by atoms with Crippen LogP contribution >= 0.6 is 0 Å². The highest BCUT2D eigenvalue weighted by Crippen LogP contribution is 2.41. The summed E-state index contributed by atoms with van der Waals surface area (Å²) in [6.45, 7) is 6.73. The highest BCUT2D eigenvalue weighted by Gasteiger charge is 2.29. The summed E-state index contributed by atoms with van der Waals surface area (Å²) in [5.41, 5.74) is 9.56. The van der Waals surface area contributed by atoms with Crippen molar-refractivity contribution in [1.29, 1.82) is 0 Å². The lowest BCUT2D eigenvalue weighted by Gasteiger charge is -2.35. The number of nitrogens with zero attached hydrogens (tertiary/aromatic N) is 3. The van der Waals surface area contributed by atoms with Crippen LogP contribution in [0.15, 0.2) is 12.3 Å². The van der Waals surface area contributed by atoms with Gasteiger partial charge in [-0.25, -0.2) is 9.97 Å². The van der Waals surface area contributed by atoms with Gasteiger partial charge in [-0.2, -0.15) is 0 Å². The predicted octanol–water partition coefficient (Wildman–Crippen LogP) is 3.46. The van der Waals surface area contributed by atoms with E-state index in [0.717, 1.165) is 29.6 Å². The molecule has 0 amide bonds. The molecule has 2 N–H and O–H groups in total. The Balaban J connectivity index is 1.99. The van der Waals surface area contributed by atoms with Gasteiger partial charge in [-0.15, -0.1) is 0 Å². The van der Waals surface area contributed by atoms with Crippen molar-refractivity contribution in [3.63, 3.8) is 0 Å². The van der Waals surface area contributed by atoms with Crippen molar-refractivity contribution >= 4 is 17.1 Å². The Bertz CT molecular complexity index is 602. The summed E-state index contributed by atoms with van der Waals surface area (Å²) >= 11 is 0. The molecule has 3 rings (SSSR count). The van der Waals surface area contributed by atoms with E-state index in [1.54, 1.807) is 0 Å². The molecular formula is C15H22N4. The van der Waals surface area contributed by atoms with Crippen molar-refractivity contribution in [3.05, 3.63) is 17.8 Å². The molecule has 4 nitrogen and oxygen atoms in total. The third-order valence-corrected chi connectivity index (χ3v) is 4.37. The molecule has 0 saturated heterocycles. The fourth-order valence-corrected chi connectivity index (χ4v) is 3.10. The lowest BCUT2D eigenvalue weighted by Crippen LogP contribution is -2.24. The van der Waals surface area contributed by atoms with Gasteiger partial charge < -0.3 is 5.73 Å². The number of hydrogen-bond acceptors (Lipinski definition) is 3. The number of rotatable bonds is 1. The second-order valence-electron chi connectivity index (χ2n) is 6.59. The van der Waals surface area contributed by atoms with Crippen LogP contribution in [-0.2, 0) is 0 Å². The average molecular weight is 258 g/mol. The molecule has 0 bridgehead atoms. The van der Waals surface area contributed by atoms with Crippen LogP contribution in [0.5, 0.6) is 0 Å². The molecule has 0 aromatic carbocycles. The first-order chi connectivity index (χ1) is 8.96. The van der Waals surface area contributed by atoms with Crippen LogP contribution in [0.25, 0.3) is 11.2 Å². The first-order valence-electron chi connectivity index (χ1n) is 7.06. The highest BCUT2D eigenvalue weighted by molar-refractivity contribution is 5.74. The van der Waals surface area contributed by atoms with E-state index >= 15 is 0 Å². The van der Waals surface area contributed by atoms with Crippen LogP contribution in [0.1, 0.15) is 51.1 Å². The molecular weight excluding hydrogens is 236 g/mol. The van der Waals surface area contributed by atoms with Crippen LogP contribution < -0.4 is 5.73 Å². The summed E-state index contributed by atoms with van der Waals surface area (Å²) in [6, 6.07) is 2.51. The maximum Gasteiger partial charge on any atom is 0.202 e. The lowest BCUT2D eigenvalue weighted by molar-refractivity contribution is 0.196. The van der Waals surface area contributed by atoms with E-state index in [4.69, 9.17) is 5.73 Å². The standard InChI is InChI=1S/C15H22N4/c1-10-8-12-13(17-9-10)19(14(16)18-12)11-4-6-15(2,3)7-5-11/h8-9,11H,4-7H2,1-3H3,(H2,16,18). The molecule has 4 heteroatoms. The maximum atomic E-state index is 6.11. The number of aromatic nitrogens is 3. The molecule has 0 unspecified atom stereocenters. The van der Waals surface area contributed by atoms with Gasteiger partial charge in [-0.1, -0.05) is 13.8 Å². The predicted molar refractivity (Wildman–Crippen MR) is 78.0 cm³/mol. The smallest absolute Gasteiger partial charge is 0.202 e. The number of aryl methyl sites for hydroxylation is 1. The largest absolute Gasteiger partial charge is 0.369 e. The zero-order chi connectivity index (χ0) is 13.6. The Morgan fingerprint density at radius 1 is 1.32 bits per heavy atom. The van der Waals surface area contributed by atoms with Crippen LogP contribution in [0.4, 0.5) is 5.95 Å². The molecule has 0 spiro atoms. The van der Waals surface area contributed by atoms with Crippen molar-refractivity contribution in [2.24, 2.45) is 5.41 Å². The van der Waals surface area contributed by atoms with Crippen molar-refractivity contribution in [3.8, 4) is 0 Å². The van der Waals surface area contributed by atoms with Gasteiger partial charge in [0.15, 0.2) is 5.65 Å².